The Balaban J connectivity index is 0.808. The fraction of sp³-hybridized carbons (Fsp3) is 0.776. The van der Waals surface area contributed by atoms with Crippen molar-refractivity contribution in [3.05, 3.63) is 77.9 Å². The minimum absolute atomic E-state index is 0.0823. The topological polar surface area (TPSA) is 495 Å². The van der Waals surface area contributed by atoms with Crippen molar-refractivity contribution in [2.75, 3.05) is 13.2 Å². The number of aliphatic carboxylic acids is 1. The zero-order valence-electron chi connectivity index (χ0n) is 61.7. The molecule has 2 bridgehead atoms. The van der Waals surface area contributed by atoms with Gasteiger partial charge in [0.1, 0.15) is 110 Å². The summed E-state index contributed by atoms with van der Waals surface area (Å²) in [4.78, 5) is 42.2. The van der Waals surface area contributed by atoms with Gasteiger partial charge in [-0.25, -0.2) is 14.4 Å². The Morgan fingerprint density at radius 2 is 1.02 bits per heavy atom. The van der Waals surface area contributed by atoms with Crippen LogP contribution in [0.25, 0.3) is 6.08 Å². The van der Waals surface area contributed by atoms with E-state index >= 15 is 0 Å². The quantitative estimate of drug-likeness (QED) is 0.0484. The van der Waals surface area contributed by atoms with E-state index in [1.807, 2.05) is 58.0 Å². The number of carboxylic acids is 1. The molecular weight excluding hydrogens is 1420 g/mol. The van der Waals surface area contributed by atoms with E-state index in [1.165, 1.54) is 19.9 Å². The average Bonchev–Trinajstić information content (AvgIpc) is 1.40. The van der Waals surface area contributed by atoms with Crippen molar-refractivity contribution in [2.45, 2.75) is 304 Å². The first-order valence-corrected chi connectivity index (χ1v) is 37.6. The Morgan fingerprint density at radius 3 is 1.65 bits per heavy atom. The number of aliphatic hydroxyl groups excluding tert-OH is 15. The van der Waals surface area contributed by atoms with Crippen molar-refractivity contribution >= 4 is 24.0 Å². The third-order valence-corrected chi connectivity index (χ3v) is 27.5. The molecule has 13 rings (SSSR count). The van der Waals surface area contributed by atoms with E-state index in [2.05, 4.69) is 20.8 Å². The third kappa shape index (κ3) is 13.3. The molecule has 2 aromatic rings. The minimum atomic E-state index is -2.38. The molecule has 2 aromatic carbocycles. The van der Waals surface area contributed by atoms with Crippen molar-refractivity contribution in [3.8, 4) is 0 Å². The van der Waals surface area contributed by atoms with E-state index in [1.54, 1.807) is 36.4 Å². The van der Waals surface area contributed by atoms with Crippen molar-refractivity contribution < 1.29 is 158 Å². The van der Waals surface area contributed by atoms with Crippen LogP contribution in [0.15, 0.2) is 66.7 Å². The van der Waals surface area contributed by atoms with E-state index in [9.17, 15) is 96.1 Å². The molecule has 0 radical (unpaired) electrons. The molecule has 11 fully saturated rings. The highest BCUT2D eigenvalue weighted by molar-refractivity contribution is 5.90. The van der Waals surface area contributed by atoms with Crippen LogP contribution in [-0.4, -0.2) is 303 Å². The normalized spacial score (nSPS) is 50.3. The smallest absolute Gasteiger partial charge is 0.338 e. The van der Waals surface area contributed by atoms with Crippen LogP contribution in [0, 0.1) is 50.2 Å². The molecule has 32 heteroatoms. The number of carbonyl (C=O) groups excluding carboxylic acids is 2. The molecule has 604 valence electrons. The van der Waals surface area contributed by atoms with E-state index in [4.69, 9.17) is 61.6 Å². The van der Waals surface area contributed by atoms with Crippen molar-refractivity contribution in [2.24, 2.45) is 50.2 Å². The number of aliphatic hydroxyl groups is 15. The second-order valence-electron chi connectivity index (χ2n) is 34.0. The number of hydrogen-bond donors (Lipinski definition) is 16. The maximum atomic E-state index is 14.4. The summed E-state index contributed by atoms with van der Waals surface area (Å²) in [6.07, 6.45) is -49.2. The molecule has 6 saturated heterocycles. The first-order chi connectivity index (χ1) is 50.9. The molecule has 108 heavy (non-hydrogen) atoms. The molecule has 32 nitrogen and oxygen atoms in total. The second-order valence-corrected chi connectivity index (χ2v) is 34.0. The summed E-state index contributed by atoms with van der Waals surface area (Å²) < 4.78 is 82.4. The summed E-state index contributed by atoms with van der Waals surface area (Å²) in [6.45, 7) is 15.1. The minimum Gasteiger partial charge on any atom is -0.479 e. The number of ether oxygens (including phenoxy) is 13. The van der Waals surface area contributed by atoms with Crippen LogP contribution in [-0.2, 0) is 71.2 Å². The molecule has 0 unspecified atom stereocenters. The zero-order valence-corrected chi connectivity index (χ0v) is 61.7. The maximum Gasteiger partial charge on any atom is 0.338 e. The van der Waals surface area contributed by atoms with Gasteiger partial charge in [0.25, 0.3) is 0 Å². The van der Waals surface area contributed by atoms with Crippen LogP contribution in [0.3, 0.4) is 0 Å². The predicted octanol–water partition coefficient (Wildman–Crippen LogP) is -0.990. The number of rotatable bonds is 18. The number of carboxylic acid groups (broad SMARTS) is 1. The molecular formula is C76H108O32. The number of benzene rings is 2. The molecule has 6 heterocycles. The summed E-state index contributed by atoms with van der Waals surface area (Å²) >= 11 is 0. The van der Waals surface area contributed by atoms with Crippen LogP contribution in [0.5, 0.6) is 0 Å². The predicted molar refractivity (Wildman–Crippen MR) is 365 cm³/mol. The van der Waals surface area contributed by atoms with Gasteiger partial charge >= 0.3 is 17.9 Å². The Labute approximate surface area is 624 Å². The van der Waals surface area contributed by atoms with Gasteiger partial charge in [-0.3, -0.25) is 0 Å². The lowest BCUT2D eigenvalue weighted by Crippen LogP contribution is -2.77. The fourth-order valence-electron chi connectivity index (χ4n) is 21.6. The Kier molecular flexibility index (Phi) is 22.9. The van der Waals surface area contributed by atoms with Gasteiger partial charge in [0.2, 0.25) is 0 Å². The monoisotopic (exact) mass is 1530 g/mol. The standard InChI is InChI=1S/C76H108O32/c1-32-44(81)48(85)52(89)64(96-32)104-57-50(87)45(82)33(2)97-66(57)105-58-51(88)47(84)37(31-78)99-67(58)102-55-54(91)56(62(92)93)103-68(59(55)106-65-53(90)49(86)46(83)36(30-77)98-65)100-42-24-25-72(7)38(71(42,5)6)22-26-73(8)39(72)23-27-75-40-28-70(3,4)60(107-63(94)35-18-14-11-15-19-35)61(101-43(80)21-20-34-16-12-10-13-17-34)76(40,69(95)108-75)41(79)29-74(73,75)9/h10-21,32-33,36-42,44-61,64-69,77-79,81-91,95H,22-31H2,1-9H3,(H,92,93)/t32-,33-,36+,37+,38-,39+,40-,41+,42-,44-,45-,46-,47-,48+,49-,50+,51-,52+,53+,54-,55-,56-,57+,58+,59+,60-,61-,64-,65-,66-,67-,68+,69-,72-,73+,74-,75-,76+/m0/s1. The lowest BCUT2D eigenvalue weighted by Gasteiger charge is -2.75. The molecule has 11 aliphatic rings. The van der Waals surface area contributed by atoms with Gasteiger partial charge in [-0.2, -0.15) is 0 Å². The lowest BCUT2D eigenvalue weighted by molar-refractivity contribution is -0.412. The lowest BCUT2D eigenvalue weighted by atomic mass is 9.30. The van der Waals surface area contributed by atoms with Gasteiger partial charge in [-0.1, -0.05) is 97.0 Å². The Bertz CT molecular complexity index is 3520. The summed E-state index contributed by atoms with van der Waals surface area (Å²) in [5.41, 5.74) is -5.88. The Hall–Kier alpha value is -4.45. The van der Waals surface area contributed by atoms with Crippen LogP contribution in [0.1, 0.15) is 130 Å². The molecule has 0 aromatic heterocycles. The summed E-state index contributed by atoms with van der Waals surface area (Å²) in [6, 6.07) is 17.5. The van der Waals surface area contributed by atoms with Crippen molar-refractivity contribution in [1.82, 2.24) is 0 Å². The number of fused-ring (bicyclic) bond motifs is 4. The molecule has 38 atom stereocenters. The molecule has 16 N–H and O–H groups in total. The first kappa shape index (κ1) is 81.6. The maximum absolute atomic E-state index is 14.4. The van der Waals surface area contributed by atoms with E-state index in [-0.39, 0.29) is 36.7 Å². The van der Waals surface area contributed by atoms with Crippen LogP contribution in [0.2, 0.25) is 0 Å². The average molecular weight is 1530 g/mol. The molecule has 5 aliphatic carbocycles. The highest BCUT2D eigenvalue weighted by Crippen LogP contribution is 2.82. The molecule has 5 saturated carbocycles. The molecule has 1 spiro atoms. The van der Waals surface area contributed by atoms with E-state index in [0.29, 0.717) is 37.7 Å². The van der Waals surface area contributed by atoms with Crippen LogP contribution >= 0.6 is 0 Å². The van der Waals surface area contributed by atoms with Crippen LogP contribution in [0.4, 0.5) is 0 Å². The fourth-order valence-corrected chi connectivity index (χ4v) is 21.6. The summed E-state index contributed by atoms with van der Waals surface area (Å²) in [5.74, 6) is -4.27. The summed E-state index contributed by atoms with van der Waals surface area (Å²) in [5, 5.41) is 183. The number of hydrogen-bond acceptors (Lipinski definition) is 31. The van der Waals surface area contributed by atoms with Gasteiger partial charge in [-0.15, -0.1) is 0 Å². The van der Waals surface area contributed by atoms with Gasteiger partial charge in [-0.05, 0) is 117 Å². The van der Waals surface area contributed by atoms with Crippen molar-refractivity contribution in [3.63, 3.8) is 0 Å². The Morgan fingerprint density at radius 1 is 0.500 bits per heavy atom. The van der Waals surface area contributed by atoms with Gasteiger partial charge in [0.05, 0.1) is 54.2 Å². The van der Waals surface area contributed by atoms with E-state index in [0.717, 1.165) is 0 Å². The van der Waals surface area contributed by atoms with Gasteiger partial charge < -0.3 is 143 Å². The molecule has 0 amide bonds. The molecule has 6 aliphatic heterocycles. The van der Waals surface area contributed by atoms with Crippen molar-refractivity contribution in [1.29, 1.82) is 0 Å². The first-order valence-electron chi connectivity index (χ1n) is 37.6. The van der Waals surface area contributed by atoms with E-state index < -0.39 is 259 Å². The third-order valence-electron chi connectivity index (χ3n) is 27.5. The second kappa shape index (κ2) is 30.4. The zero-order chi connectivity index (χ0) is 78.2. The number of esters is 2. The summed E-state index contributed by atoms with van der Waals surface area (Å²) in [7, 11) is 0. The highest BCUT2D eigenvalue weighted by Gasteiger charge is 2.86. The SMILES string of the molecule is C[C@@H]1O[C@@H](O[C@H]2[C@H](O[C@H]3[C@H](O[C@H]4[C@H](O)[C@@H](C(=O)O)O[C@@H](O[C@H]5CC[C@]6(C)[C@H]7CC[C@@]89O[C@H](O)[C@@]%10([C@H](O)C[C@@]8(C)[C@]7(C)CC[C@H]6C5(C)C)[C@H]9CC(C)(C)[C@@H](OC(=O)c5ccccc5)[C@@H]%10OC(=O)C=Cc5ccccc5)[C@@H]4O[C@@H]4O[C@H](CO)[C@H](O)[C@H](O)[C@H]4O)O[C@H](CO)[C@H](O)[C@@H]3O)O[C@@H](C)[C@H](O)[C@H]2O)[C@H](O)[C@H](O)[C@H]1O. The van der Waals surface area contributed by atoms with Crippen LogP contribution < -0.4 is 0 Å². The highest BCUT2D eigenvalue weighted by atomic mass is 16.8. The van der Waals surface area contributed by atoms with Gasteiger partial charge in [0.15, 0.2) is 49.9 Å². The van der Waals surface area contributed by atoms with Gasteiger partial charge in [0, 0.05) is 22.8 Å². The largest absolute Gasteiger partial charge is 0.479 e. The number of carbonyl (C=O) groups is 3.